The van der Waals surface area contributed by atoms with Crippen LogP contribution in [0.5, 0.6) is 0 Å². The van der Waals surface area contributed by atoms with E-state index in [-0.39, 0.29) is 0 Å². The zero-order valence-electron chi connectivity index (χ0n) is 9.60. The Labute approximate surface area is 97.6 Å². The van der Waals surface area contributed by atoms with Crippen LogP contribution in [-0.2, 0) is 4.79 Å². The molecule has 0 radical (unpaired) electrons. The minimum absolute atomic E-state index is 0.471. The van der Waals surface area contributed by atoms with Gasteiger partial charge in [-0.25, -0.2) is 0 Å². The summed E-state index contributed by atoms with van der Waals surface area (Å²) in [6.45, 7) is 1.69. The highest BCUT2D eigenvalue weighted by Crippen LogP contribution is 2.24. The van der Waals surface area contributed by atoms with Gasteiger partial charge in [-0.3, -0.25) is 4.79 Å². The summed E-state index contributed by atoms with van der Waals surface area (Å²) in [7, 11) is 0. The standard InChI is InChI=1S/C10H17F3N2O2/c1-2-9(4-3-5-15-9)8(17)14-6-7(16)10(11,12)13/h7,15-16H,2-6H2,1H3,(H,14,17). The Hall–Kier alpha value is -0.820. The molecule has 2 unspecified atom stereocenters. The highest BCUT2D eigenvalue weighted by molar-refractivity contribution is 5.86. The van der Waals surface area contributed by atoms with Gasteiger partial charge in [0.15, 0.2) is 6.10 Å². The molecule has 7 heteroatoms. The third-order valence-electron chi connectivity index (χ3n) is 3.12. The molecule has 1 aliphatic rings. The summed E-state index contributed by atoms with van der Waals surface area (Å²) in [5, 5.41) is 13.9. The van der Waals surface area contributed by atoms with E-state index in [1.165, 1.54) is 0 Å². The van der Waals surface area contributed by atoms with Crippen LogP contribution in [-0.4, -0.2) is 41.9 Å². The second-order valence-electron chi connectivity index (χ2n) is 4.23. The summed E-state index contributed by atoms with van der Waals surface area (Å²) in [6.07, 6.45) is -5.26. The fourth-order valence-electron chi connectivity index (χ4n) is 1.94. The van der Waals surface area contributed by atoms with Gasteiger partial charge in [-0.2, -0.15) is 13.2 Å². The van der Waals surface area contributed by atoms with Crippen molar-refractivity contribution >= 4 is 5.91 Å². The van der Waals surface area contributed by atoms with Crippen molar-refractivity contribution in [1.29, 1.82) is 0 Å². The van der Waals surface area contributed by atoms with Crippen molar-refractivity contribution in [2.45, 2.75) is 44.0 Å². The van der Waals surface area contributed by atoms with Gasteiger partial charge >= 0.3 is 6.18 Å². The van der Waals surface area contributed by atoms with Crippen molar-refractivity contribution in [2.75, 3.05) is 13.1 Å². The highest BCUT2D eigenvalue weighted by Gasteiger charge is 2.42. The van der Waals surface area contributed by atoms with Crippen molar-refractivity contribution in [2.24, 2.45) is 0 Å². The quantitative estimate of drug-likeness (QED) is 0.687. The van der Waals surface area contributed by atoms with E-state index in [4.69, 9.17) is 5.11 Å². The Morgan fingerprint density at radius 1 is 1.59 bits per heavy atom. The average Bonchev–Trinajstić information content (AvgIpc) is 2.73. The summed E-state index contributed by atoms with van der Waals surface area (Å²) < 4.78 is 36.1. The minimum atomic E-state index is -4.70. The first-order chi connectivity index (χ1) is 7.82. The Morgan fingerprint density at radius 2 is 2.24 bits per heavy atom. The van der Waals surface area contributed by atoms with Gasteiger partial charge in [-0.15, -0.1) is 0 Å². The van der Waals surface area contributed by atoms with E-state index in [9.17, 15) is 18.0 Å². The van der Waals surface area contributed by atoms with Crippen LogP contribution in [0.4, 0.5) is 13.2 Å². The van der Waals surface area contributed by atoms with E-state index in [1.807, 2.05) is 0 Å². The van der Waals surface area contributed by atoms with Gasteiger partial charge in [0, 0.05) is 0 Å². The van der Waals surface area contributed by atoms with Gasteiger partial charge in [-0.05, 0) is 25.8 Å². The van der Waals surface area contributed by atoms with Crippen LogP contribution >= 0.6 is 0 Å². The topological polar surface area (TPSA) is 61.4 Å². The Balaban J connectivity index is 2.49. The van der Waals surface area contributed by atoms with Gasteiger partial charge in [0.05, 0.1) is 12.1 Å². The second kappa shape index (κ2) is 5.22. The molecule has 3 N–H and O–H groups in total. The van der Waals surface area contributed by atoms with Crippen LogP contribution in [0.2, 0.25) is 0 Å². The molecule has 2 atom stereocenters. The second-order valence-corrected chi connectivity index (χ2v) is 4.23. The lowest BCUT2D eigenvalue weighted by Gasteiger charge is -2.27. The third kappa shape index (κ3) is 3.32. The molecule has 0 aromatic carbocycles. The monoisotopic (exact) mass is 254 g/mol. The maximum Gasteiger partial charge on any atom is 0.416 e. The predicted octanol–water partition coefficient (Wildman–Crippen LogP) is 0.558. The summed E-state index contributed by atoms with van der Waals surface area (Å²) in [4.78, 5) is 11.8. The zero-order chi connectivity index (χ0) is 13.1. The maximum atomic E-state index is 12.0. The predicted molar refractivity (Wildman–Crippen MR) is 55.3 cm³/mol. The van der Waals surface area contributed by atoms with Crippen molar-refractivity contribution in [3.63, 3.8) is 0 Å². The lowest BCUT2D eigenvalue weighted by Crippen LogP contribution is -2.55. The van der Waals surface area contributed by atoms with E-state index >= 15 is 0 Å². The molecule has 0 spiro atoms. The molecule has 0 bridgehead atoms. The minimum Gasteiger partial charge on any atom is -0.382 e. The van der Waals surface area contributed by atoms with E-state index in [2.05, 4.69) is 10.6 Å². The van der Waals surface area contributed by atoms with Crippen molar-refractivity contribution in [3.05, 3.63) is 0 Å². The summed E-state index contributed by atoms with van der Waals surface area (Å²) >= 11 is 0. The lowest BCUT2D eigenvalue weighted by atomic mass is 9.93. The largest absolute Gasteiger partial charge is 0.416 e. The molecule has 0 aromatic heterocycles. The Morgan fingerprint density at radius 3 is 2.65 bits per heavy atom. The number of halogens is 3. The number of amides is 1. The van der Waals surface area contributed by atoms with Crippen LogP contribution in [0, 0.1) is 0 Å². The molecule has 1 amide bonds. The number of aliphatic hydroxyl groups is 1. The molecule has 1 fully saturated rings. The van der Waals surface area contributed by atoms with Gasteiger partial charge in [0.2, 0.25) is 5.91 Å². The normalized spacial score (nSPS) is 26.9. The number of aliphatic hydroxyl groups excluding tert-OH is 1. The fourth-order valence-corrected chi connectivity index (χ4v) is 1.94. The zero-order valence-corrected chi connectivity index (χ0v) is 9.60. The van der Waals surface area contributed by atoms with E-state index in [0.717, 1.165) is 6.42 Å². The van der Waals surface area contributed by atoms with E-state index in [0.29, 0.717) is 19.4 Å². The van der Waals surface area contributed by atoms with Gasteiger partial charge < -0.3 is 15.7 Å². The molecule has 1 saturated heterocycles. The van der Waals surface area contributed by atoms with Crippen LogP contribution in [0.1, 0.15) is 26.2 Å². The maximum absolute atomic E-state index is 12.0. The average molecular weight is 254 g/mol. The van der Waals surface area contributed by atoms with Crippen molar-refractivity contribution < 1.29 is 23.1 Å². The summed E-state index contributed by atoms with van der Waals surface area (Å²) in [5.74, 6) is -0.471. The number of hydrogen-bond donors (Lipinski definition) is 3. The third-order valence-corrected chi connectivity index (χ3v) is 3.12. The molecular weight excluding hydrogens is 237 g/mol. The Bertz CT molecular complexity index is 275. The number of carbonyl (C=O) groups excluding carboxylic acids is 1. The van der Waals surface area contributed by atoms with Gasteiger partial charge in [0.1, 0.15) is 0 Å². The first-order valence-corrected chi connectivity index (χ1v) is 5.60. The van der Waals surface area contributed by atoms with Crippen molar-refractivity contribution in [3.8, 4) is 0 Å². The molecule has 0 aromatic rings. The molecule has 17 heavy (non-hydrogen) atoms. The van der Waals surface area contributed by atoms with Crippen LogP contribution in [0.25, 0.3) is 0 Å². The van der Waals surface area contributed by atoms with Crippen LogP contribution < -0.4 is 10.6 Å². The molecule has 0 saturated carbocycles. The smallest absolute Gasteiger partial charge is 0.382 e. The van der Waals surface area contributed by atoms with Crippen molar-refractivity contribution in [1.82, 2.24) is 10.6 Å². The first kappa shape index (κ1) is 14.2. The van der Waals surface area contributed by atoms with E-state index in [1.54, 1.807) is 6.92 Å². The van der Waals surface area contributed by atoms with E-state index < -0.39 is 30.3 Å². The fraction of sp³-hybridized carbons (Fsp3) is 0.900. The van der Waals surface area contributed by atoms with Crippen LogP contribution in [0.3, 0.4) is 0 Å². The lowest BCUT2D eigenvalue weighted by molar-refractivity contribution is -0.202. The molecule has 1 rings (SSSR count). The SMILES string of the molecule is CCC1(C(=O)NCC(O)C(F)(F)F)CCCN1. The number of rotatable bonds is 4. The molecule has 4 nitrogen and oxygen atoms in total. The molecule has 1 aliphatic heterocycles. The number of nitrogens with one attached hydrogen (secondary N) is 2. The summed E-state index contributed by atoms with van der Waals surface area (Å²) in [6, 6.07) is 0. The summed E-state index contributed by atoms with van der Waals surface area (Å²) in [5.41, 5.74) is -0.773. The van der Waals surface area contributed by atoms with Gasteiger partial charge in [0.25, 0.3) is 0 Å². The number of carbonyl (C=O) groups is 1. The number of hydrogen-bond acceptors (Lipinski definition) is 3. The highest BCUT2D eigenvalue weighted by atomic mass is 19.4. The van der Waals surface area contributed by atoms with Gasteiger partial charge in [-0.1, -0.05) is 6.92 Å². The molecular formula is C10H17F3N2O2. The molecule has 1 heterocycles. The first-order valence-electron chi connectivity index (χ1n) is 5.60. The van der Waals surface area contributed by atoms with Crippen LogP contribution in [0.15, 0.2) is 0 Å². The number of alkyl halides is 3. The molecule has 100 valence electrons. The molecule has 0 aliphatic carbocycles. The Kier molecular flexibility index (Phi) is 4.37.